The molecule has 0 bridgehead atoms. The minimum absolute atomic E-state index is 0.125. The van der Waals surface area contributed by atoms with Crippen molar-refractivity contribution in [2.24, 2.45) is 0 Å². The summed E-state index contributed by atoms with van der Waals surface area (Å²) in [5.74, 6) is 0.386. The van der Waals surface area contributed by atoms with E-state index in [1.54, 1.807) is 30.3 Å². The number of carbonyl (C=O) groups is 1. The van der Waals surface area contributed by atoms with Crippen LogP contribution in [0.15, 0.2) is 60.7 Å². The normalized spacial score (nSPS) is 10.3. The topological polar surface area (TPSA) is 61.3 Å². The first-order valence-electron chi connectivity index (χ1n) is 7.70. The molecule has 1 aromatic heterocycles. The van der Waals surface area contributed by atoms with Crippen LogP contribution in [0.1, 0.15) is 17.3 Å². The number of nitrogens with zero attached hydrogens (tertiary/aromatic N) is 2. The number of aromatic nitrogens is 2. The van der Waals surface area contributed by atoms with Crippen molar-refractivity contribution in [3.8, 4) is 22.9 Å². The molecular formula is C19H15ClN2O3. The SMILES string of the molecule is CCOc1ccc(-c2ccc(OC(=O)c3cccc(Cl)c3)nn2)cc1. The van der Waals surface area contributed by atoms with E-state index in [1.165, 1.54) is 6.07 Å². The van der Waals surface area contributed by atoms with Gasteiger partial charge in [0, 0.05) is 16.7 Å². The molecule has 0 saturated heterocycles. The van der Waals surface area contributed by atoms with Gasteiger partial charge in [-0.2, -0.15) is 0 Å². The summed E-state index contributed by atoms with van der Waals surface area (Å²) in [6.07, 6.45) is 0. The Bertz CT molecular complexity index is 865. The summed E-state index contributed by atoms with van der Waals surface area (Å²) < 4.78 is 10.6. The Hall–Kier alpha value is -2.92. The van der Waals surface area contributed by atoms with E-state index >= 15 is 0 Å². The number of ether oxygens (including phenoxy) is 2. The Morgan fingerprint density at radius 2 is 1.84 bits per heavy atom. The first-order valence-corrected chi connectivity index (χ1v) is 8.08. The van der Waals surface area contributed by atoms with Crippen LogP contribution in [0.2, 0.25) is 5.02 Å². The molecular weight excluding hydrogens is 340 g/mol. The Morgan fingerprint density at radius 3 is 2.48 bits per heavy atom. The minimum atomic E-state index is -0.536. The summed E-state index contributed by atoms with van der Waals surface area (Å²) in [7, 11) is 0. The van der Waals surface area contributed by atoms with Gasteiger partial charge in [0.25, 0.3) is 0 Å². The van der Waals surface area contributed by atoms with Gasteiger partial charge in [-0.05, 0) is 55.5 Å². The van der Waals surface area contributed by atoms with Gasteiger partial charge in [0.1, 0.15) is 5.75 Å². The number of benzene rings is 2. The van der Waals surface area contributed by atoms with Crippen molar-refractivity contribution in [2.75, 3.05) is 6.61 Å². The van der Waals surface area contributed by atoms with E-state index in [0.717, 1.165) is 11.3 Å². The monoisotopic (exact) mass is 354 g/mol. The number of esters is 1. The molecule has 2 aromatic carbocycles. The van der Waals surface area contributed by atoms with E-state index in [1.807, 2.05) is 31.2 Å². The molecule has 5 nitrogen and oxygen atoms in total. The van der Waals surface area contributed by atoms with Crippen LogP contribution in [0, 0.1) is 0 Å². The second-order valence-corrected chi connectivity index (χ2v) is 5.55. The lowest BCUT2D eigenvalue weighted by Crippen LogP contribution is -2.09. The van der Waals surface area contributed by atoms with Crippen LogP contribution >= 0.6 is 11.6 Å². The molecule has 0 aliphatic rings. The minimum Gasteiger partial charge on any atom is -0.494 e. The average Bonchev–Trinajstić information content (AvgIpc) is 2.63. The van der Waals surface area contributed by atoms with Crippen LogP contribution < -0.4 is 9.47 Å². The zero-order chi connectivity index (χ0) is 17.6. The summed E-state index contributed by atoms with van der Waals surface area (Å²) in [6.45, 7) is 2.55. The van der Waals surface area contributed by atoms with E-state index in [4.69, 9.17) is 21.1 Å². The van der Waals surface area contributed by atoms with Crippen molar-refractivity contribution >= 4 is 17.6 Å². The van der Waals surface area contributed by atoms with E-state index in [2.05, 4.69) is 10.2 Å². The van der Waals surface area contributed by atoms with Crippen LogP contribution in [0.25, 0.3) is 11.3 Å². The highest BCUT2D eigenvalue weighted by atomic mass is 35.5. The predicted octanol–water partition coefficient (Wildman–Crippen LogP) is 4.41. The molecule has 126 valence electrons. The Labute approximate surface area is 150 Å². The zero-order valence-electron chi connectivity index (χ0n) is 13.5. The van der Waals surface area contributed by atoms with Gasteiger partial charge in [-0.15, -0.1) is 10.2 Å². The highest BCUT2D eigenvalue weighted by Gasteiger charge is 2.10. The first-order chi connectivity index (χ1) is 12.2. The van der Waals surface area contributed by atoms with E-state index in [9.17, 15) is 4.79 Å². The van der Waals surface area contributed by atoms with Crippen LogP contribution in [0.3, 0.4) is 0 Å². The fourth-order valence-electron chi connectivity index (χ4n) is 2.19. The maximum absolute atomic E-state index is 12.1. The van der Waals surface area contributed by atoms with Gasteiger partial charge in [0.15, 0.2) is 0 Å². The summed E-state index contributed by atoms with van der Waals surface area (Å²) in [4.78, 5) is 12.1. The van der Waals surface area contributed by atoms with Crippen LogP contribution in [-0.2, 0) is 0 Å². The predicted molar refractivity (Wildman–Crippen MR) is 95.0 cm³/mol. The Balaban J connectivity index is 1.70. The molecule has 0 fully saturated rings. The van der Waals surface area contributed by atoms with Crippen molar-refractivity contribution in [2.45, 2.75) is 6.92 Å². The van der Waals surface area contributed by atoms with Crippen LogP contribution in [-0.4, -0.2) is 22.8 Å². The molecule has 0 saturated carbocycles. The summed E-state index contributed by atoms with van der Waals surface area (Å²) in [5.41, 5.74) is 1.92. The largest absolute Gasteiger partial charge is 0.494 e. The molecule has 0 radical (unpaired) electrons. The first kappa shape index (κ1) is 16.9. The van der Waals surface area contributed by atoms with Crippen molar-refractivity contribution in [1.29, 1.82) is 0 Å². The number of rotatable bonds is 5. The standard InChI is InChI=1S/C19H15ClN2O3/c1-2-24-16-8-6-13(7-9-16)17-10-11-18(22-21-17)25-19(23)14-4-3-5-15(20)12-14/h3-12H,2H2,1H3. The lowest BCUT2D eigenvalue weighted by molar-refractivity contribution is 0.0726. The van der Waals surface area contributed by atoms with E-state index in [0.29, 0.717) is 22.9 Å². The average molecular weight is 355 g/mol. The smallest absolute Gasteiger partial charge is 0.344 e. The molecule has 0 N–H and O–H groups in total. The third-order valence-corrected chi connectivity index (χ3v) is 3.59. The molecule has 0 spiro atoms. The summed E-state index contributed by atoms with van der Waals surface area (Å²) >= 11 is 5.87. The number of hydrogen-bond donors (Lipinski definition) is 0. The van der Waals surface area contributed by atoms with E-state index in [-0.39, 0.29) is 5.88 Å². The van der Waals surface area contributed by atoms with Gasteiger partial charge >= 0.3 is 5.97 Å². The molecule has 3 rings (SSSR count). The molecule has 0 amide bonds. The molecule has 25 heavy (non-hydrogen) atoms. The highest BCUT2D eigenvalue weighted by Crippen LogP contribution is 2.21. The van der Waals surface area contributed by atoms with Gasteiger partial charge in [-0.1, -0.05) is 17.7 Å². The van der Waals surface area contributed by atoms with Crippen molar-refractivity contribution in [1.82, 2.24) is 10.2 Å². The molecule has 0 aliphatic heterocycles. The van der Waals surface area contributed by atoms with Crippen LogP contribution in [0.5, 0.6) is 11.6 Å². The number of halogens is 1. The lowest BCUT2D eigenvalue weighted by Gasteiger charge is -2.06. The van der Waals surface area contributed by atoms with Gasteiger partial charge < -0.3 is 9.47 Å². The lowest BCUT2D eigenvalue weighted by atomic mass is 10.1. The molecule has 0 atom stereocenters. The zero-order valence-corrected chi connectivity index (χ0v) is 14.2. The van der Waals surface area contributed by atoms with E-state index < -0.39 is 5.97 Å². The summed E-state index contributed by atoms with van der Waals surface area (Å²) in [6, 6.07) is 17.4. The fourth-order valence-corrected chi connectivity index (χ4v) is 2.38. The Kier molecular flexibility index (Phi) is 5.26. The number of hydrogen-bond acceptors (Lipinski definition) is 5. The van der Waals surface area contributed by atoms with Crippen molar-refractivity contribution in [3.05, 3.63) is 71.2 Å². The second kappa shape index (κ2) is 7.77. The van der Waals surface area contributed by atoms with Gasteiger partial charge in [0.05, 0.1) is 17.9 Å². The van der Waals surface area contributed by atoms with Gasteiger partial charge in [0.2, 0.25) is 5.88 Å². The maximum atomic E-state index is 12.1. The third kappa shape index (κ3) is 4.33. The van der Waals surface area contributed by atoms with Gasteiger partial charge in [-0.3, -0.25) is 0 Å². The molecule has 0 unspecified atom stereocenters. The molecule has 1 heterocycles. The molecule has 3 aromatic rings. The fraction of sp³-hybridized carbons (Fsp3) is 0.105. The second-order valence-electron chi connectivity index (χ2n) is 5.11. The number of carbonyl (C=O) groups excluding carboxylic acids is 1. The van der Waals surface area contributed by atoms with Crippen molar-refractivity contribution < 1.29 is 14.3 Å². The third-order valence-electron chi connectivity index (χ3n) is 3.36. The quantitative estimate of drug-likeness (QED) is 0.635. The summed E-state index contributed by atoms with van der Waals surface area (Å²) in [5, 5.41) is 8.50. The Morgan fingerprint density at radius 1 is 1.04 bits per heavy atom. The molecule has 0 aliphatic carbocycles. The maximum Gasteiger partial charge on any atom is 0.344 e. The highest BCUT2D eigenvalue weighted by molar-refractivity contribution is 6.30. The van der Waals surface area contributed by atoms with Crippen molar-refractivity contribution in [3.63, 3.8) is 0 Å². The van der Waals surface area contributed by atoms with Crippen LogP contribution in [0.4, 0.5) is 0 Å². The van der Waals surface area contributed by atoms with Gasteiger partial charge in [-0.25, -0.2) is 4.79 Å². The molecule has 6 heteroatoms.